The molecule has 150 valence electrons. The molecule has 0 aliphatic rings. The highest BCUT2D eigenvalue weighted by atomic mass is 35.5. The number of nitrogens with one attached hydrogen (secondary N) is 2. The quantitative estimate of drug-likeness (QED) is 0.597. The number of amides is 1. The van der Waals surface area contributed by atoms with Gasteiger partial charge in [0.25, 0.3) is 15.9 Å². The topological polar surface area (TPSA) is 75.3 Å². The van der Waals surface area contributed by atoms with Gasteiger partial charge in [0.2, 0.25) is 0 Å². The predicted octanol–water partition coefficient (Wildman–Crippen LogP) is 4.81. The van der Waals surface area contributed by atoms with Crippen LogP contribution in [0.2, 0.25) is 5.02 Å². The number of carbonyl (C=O) groups is 1. The molecule has 3 aromatic rings. The van der Waals surface area contributed by atoms with Gasteiger partial charge in [-0.15, -0.1) is 0 Å². The molecule has 0 aromatic heterocycles. The van der Waals surface area contributed by atoms with Crippen molar-refractivity contribution in [2.45, 2.75) is 4.90 Å². The van der Waals surface area contributed by atoms with Crippen LogP contribution in [0.1, 0.15) is 10.4 Å². The Morgan fingerprint density at radius 2 is 1.48 bits per heavy atom. The number of rotatable bonds is 5. The van der Waals surface area contributed by atoms with Gasteiger partial charge in [-0.25, -0.2) is 21.6 Å². The third-order valence-electron chi connectivity index (χ3n) is 3.79. The van der Waals surface area contributed by atoms with E-state index in [1.807, 2.05) is 0 Å². The van der Waals surface area contributed by atoms with Crippen molar-refractivity contribution < 1.29 is 26.4 Å². The Hall–Kier alpha value is -3.04. The van der Waals surface area contributed by atoms with Crippen LogP contribution >= 0.6 is 11.6 Å². The molecule has 3 aromatic carbocycles. The first-order valence-electron chi connectivity index (χ1n) is 8.01. The number of hydrogen-bond acceptors (Lipinski definition) is 3. The Bertz CT molecular complexity index is 1170. The van der Waals surface area contributed by atoms with Crippen LogP contribution in [0.4, 0.5) is 24.5 Å². The van der Waals surface area contributed by atoms with Crippen LogP contribution < -0.4 is 10.0 Å². The predicted molar refractivity (Wildman–Crippen MR) is 103 cm³/mol. The van der Waals surface area contributed by atoms with Crippen molar-refractivity contribution in [3.63, 3.8) is 0 Å². The maximum absolute atomic E-state index is 13.8. The van der Waals surface area contributed by atoms with Gasteiger partial charge in [-0.3, -0.25) is 9.52 Å². The minimum absolute atomic E-state index is 0.0570. The van der Waals surface area contributed by atoms with E-state index in [1.54, 1.807) is 0 Å². The summed E-state index contributed by atoms with van der Waals surface area (Å²) in [5.41, 5.74) is 0.0408. The Kier molecular flexibility index (Phi) is 5.81. The van der Waals surface area contributed by atoms with Gasteiger partial charge >= 0.3 is 0 Å². The van der Waals surface area contributed by atoms with E-state index in [0.29, 0.717) is 12.1 Å². The van der Waals surface area contributed by atoms with Crippen LogP contribution in [0.15, 0.2) is 65.6 Å². The maximum atomic E-state index is 13.8. The van der Waals surface area contributed by atoms with E-state index in [-0.39, 0.29) is 22.0 Å². The first-order chi connectivity index (χ1) is 13.7. The third kappa shape index (κ3) is 4.69. The molecular weight excluding hydrogens is 429 g/mol. The lowest BCUT2D eigenvalue weighted by atomic mass is 10.2. The van der Waals surface area contributed by atoms with Crippen LogP contribution in [0.25, 0.3) is 0 Å². The van der Waals surface area contributed by atoms with Gasteiger partial charge in [-0.1, -0.05) is 17.7 Å². The molecule has 0 aliphatic carbocycles. The van der Waals surface area contributed by atoms with Crippen molar-refractivity contribution in [2.24, 2.45) is 0 Å². The molecule has 0 bridgehead atoms. The molecule has 0 radical (unpaired) electrons. The van der Waals surface area contributed by atoms with E-state index in [4.69, 9.17) is 11.6 Å². The second-order valence-electron chi connectivity index (χ2n) is 5.81. The monoisotopic (exact) mass is 440 g/mol. The lowest BCUT2D eigenvalue weighted by molar-refractivity contribution is 0.102. The minimum Gasteiger partial charge on any atom is -0.322 e. The minimum atomic E-state index is -4.15. The number of benzene rings is 3. The van der Waals surface area contributed by atoms with Crippen molar-refractivity contribution in [1.29, 1.82) is 0 Å². The van der Waals surface area contributed by atoms with E-state index in [0.717, 1.165) is 12.1 Å². The standard InChI is InChI=1S/C19H12ClF3N2O3S/c20-14-2-1-3-16(22)18(14)19(26)24-11-4-6-12(7-5-11)25-29(27,28)13-8-9-15(21)17(23)10-13/h1-10,25H,(H,24,26). The molecule has 0 saturated carbocycles. The summed E-state index contributed by atoms with van der Waals surface area (Å²) in [6.45, 7) is 0. The van der Waals surface area contributed by atoms with E-state index >= 15 is 0 Å². The molecule has 5 nitrogen and oxygen atoms in total. The molecule has 3 rings (SSSR count). The summed E-state index contributed by atoms with van der Waals surface area (Å²) in [5, 5.41) is 2.39. The highest BCUT2D eigenvalue weighted by Crippen LogP contribution is 2.23. The van der Waals surface area contributed by atoms with Crippen LogP contribution in [0, 0.1) is 17.5 Å². The molecule has 0 spiro atoms. The number of carbonyl (C=O) groups excluding carboxylic acids is 1. The fourth-order valence-corrected chi connectivity index (χ4v) is 3.71. The molecule has 0 fully saturated rings. The molecule has 0 unspecified atom stereocenters. The molecule has 0 aliphatic heterocycles. The summed E-state index contributed by atoms with van der Waals surface area (Å²) in [5.74, 6) is -4.02. The van der Waals surface area contributed by atoms with E-state index in [2.05, 4.69) is 10.0 Å². The summed E-state index contributed by atoms with van der Waals surface area (Å²) >= 11 is 5.84. The molecule has 2 N–H and O–H groups in total. The fraction of sp³-hybridized carbons (Fsp3) is 0. The van der Waals surface area contributed by atoms with Crippen LogP contribution in [0.3, 0.4) is 0 Å². The Morgan fingerprint density at radius 3 is 2.10 bits per heavy atom. The van der Waals surface area contributed by atoms with Crippen molar-refractivity contribution in [3.05, 3.63) is 88.7 Å². The molecule has 0 atom stereocenters. The van der Waals surface area contributed by atoms with Gasteiger partial charge in [0.05, 0.1) is 15.5 Å². The van der Waals surface area contributed by atoms with Gasteiger partial charge in [0.15, 0.2) is 11.6 Å². The number of hydrogen-bond donors (Lipinski definition) is 2. The van der Waals surface area contributed by atoms with E-state index < -0.39 is 38.3 Å². The summed E-state index contributed by atoms with van der Waals surface area (Å²) < 4.78 is 66.8. The molecule has 0 saturated heterocycles. The normalized spacial score (nSPS) is 11.2. The zero-order valence-corrected chi connectivity index (χ0v) is 16.0. The molecule has 1 amide bonds. The van der Waals surface area contributed by atoms with Crippen molar-refractivity contribution in [3.8, 4) is 0 Å². The average Bonchev–Trinajstić information content (AvgIpc) is 2.65. The van der Waals surface area contributed by atoms with Gasteiger partial charge < -0.3 is 5.32 Å². The highest BCUT2D eigenvalue weighted by molar-refractivity contribution is 7.92. The van der Waals surface area contributed by atoms with E-state index in [1.165, 1.54) is 36.4 Å². The Balaban J connectivity index is 1.75. The largest absolute Gasteiger partial charge is 0.322 e. The summed E-state index contributed by atoms with van der Waals surface area (Å²) in [6, 6.07) is 11.4. The lowest BCUT2D eigenvalue weighted by Gasteiger charge is -2.10. The van der Waals surface area contributed by atoms with E-state index in [9.17, 15) is 26.4 Å². The lowest BCUT2D eigenvalue weighted by Crippen LogP contribution is -2.15. The summed E-state index contributed by atoms with van der Waals surface area (Å²) in [7, 11) is -4.15. The first-order valence-corrected chi connectivity index (χ1v) is 9.87. The molecule has 0 heterocycles. The second-order valence-corrected chi connectivity index (χ2v) is 7.90. The van der Waals surface area contributed by atoms with Crippen molar-refractivity contribution in [2.75, 3.05) is 10.0 Å². The zero-order chi connectivity index (χ0) is 21.2. The highest BCUT2D eigenvalue weighted by Gasteiger charge is 2.18. The van der Waals surface area contributed by atoms with Crippen LogP contribution in [0.5, 0.6) is 0 Å². The maximum Gasteiger partial charge on any atom is 0.261 e. The van der Waals surface area contributed by atoms with Crippen LogP contribution in [-0.4, -0.2) is 14.3 Å². The number of sulfonamides is 1. The molecule has 29 heavy (non-hydrogen) atoms. The summed E-state index contributed by atoms with van der Waals surface area (Å²) in [4.78, 5) is 11.7. The fourth-order valence-electron chi connectivity index (χ4n) is 2.39. The SMILES string of the molecule is O=C(Nc1ccc(NS(=O)(=O)c2ccc(F)c(F)c2)cc1)c1c(F)cccc1Cl. The van der Waals surface area contributed by atoms with Crippen molar-refractivity contribution in [1.82, 2.24) is 0 Å². The van der Waals surface area contributed by atoms with Crippen molar-refractivity contribution >= 4 is 38.9 Å². The molecule has 10 heteroatoms. The number of halogens is 4. The van der Waals surface area contributed by atoms with Crippen LogP contribution in [-0.2, 0) is 10.0 Å². The second kappa shape index (κ2) is 8.14. The third-order valence-corrected chi connectivity index (χ3v) is 5.48. The Morgan fingerprint density at radius 1 is 0.828 bits per heavy atom. The zero-order valence-electron chi connectivity index (χ0n) is 14.4. The first kappa shape index (κ1) is 20.7. The smallest absolute Gasteiger partial charge is 0.261 e. The summed E-state index contributed by atoms with van der Waals surface area (Å²) in [6.07, 6.45) is 0. The van der Waals surface area contributed by atoms with Gasteiger partial charge in [0.1, 0.15) is 5.82 Å². The molecular formula is C19H12ClF3N2O3S. The van der Waals surface area contributed by atoms with Gasteiger partial charge in [-0.2, -0.15) is 0 Å². The van der Waals surface area contributed by atoms with Gasteiger partial charge in [-0.05, 0) is 54.6 Å². The van der Waals surface area contributed by atoms with Gasteiger partial charge in [0, 0.05) is 11.4 Å². The number of anilines is 2. The Labute approximate surface area is 169 Å². The average molecular weight is 441 g/mol.